The number of hydrogen-bond donors (Lipinski definition) is 2. The first-order valence-corrected chi connectivity index (χ1v) is 5.28. The molecule has 4 nitrogen and oxygen atoms in total. The number of piperidine rings is 1. The van der Waals surface area contributed by atoms with Crippen LogP contribution in [0.25, 0.3) is 0 Å². The van der Waals surface area contributed by atoms with Gasteiger partial charge < -0.3 is 15.4 Å². The van der Waals surface area contributed by atoms with Crippen LogP contribution in [0.1, 0.15) is 26.7 Å². The summed E-state index contributed by atoms with van der Waals surface area (Å²) in [5, 5.41) is 6.24. The maximum absolute atomic E-state index is 11.2. The summed E-state index contributed by atoms with van der Waals surface area (Å²) in [7, 11) is 3.29. The maximum Gasteiger partial charge on any atom is 0.324 e. The molecule has 2 atom stereocenters. The summed E-state index contributed by atoms with van der Waals surface area (Å²) in [5.41, 5.74) is 0. The number of likely N-dealkylation sites (N-methyl/N-ethyl adjacent to an activating group) is 1. The van der Waals surface area contributed by atoms with Crippen LogP contribution in [-0.4, -0.2) is 38.8 Å². The van der Waals surface area contributed by atoms with Gasteiger partial charge in [0.05, 0.1) is 7.11 Å². The number of methoxy groups -OCH3 is 1. The van der Waals surface area contributed by atoms with Crippen molar-refractivity contribution < 1.29 is 9.53 Å². The fraction of sp³-hybridized carbons (Fsp3) is 0.900. The first-order chi connectivity index (χ1) is 6.79. The van der Waals surface area contributed by atoms with Gasteiger partial charge in [-0.05, 0) is 26.4 Å². The van der Waals surface area contributed by atoms with E-state index < -0.39 is 0 Å². The molecule has 14 heavy (non-hydrogen) atoms. The minimum Gasteiger partial charge on any atom is -0.468 e. The van der Waals surface area contributed by atoms with Crippen LogP contribution in [0, 0.1) is 0 Å². The van der Waals surface area contributed by atoms with E-state index in [4.69, 9.17) is 0 Å². The van der Waals surface area contributed by atoms with Gasteiger partial charge in [0.2, 0.25) is 0 Å². The molecule has 0 radical (unpaired) electrons. The van der Waals surface area contributed by atoms with E-state index in [1.165, 1.54) is 7.11 Å². The number of rotatable bonds is 2. The Balaban J connectivity index is 0.000000791. The summed E-state index contributed by atoms with van der Waals surface area (Å²) in [5.74, 6) is -0.172. The standard InChI is InChI=1S/C8H16N2O2.C2H6/c1-9-6-4-3-5-10-7(6)8(11)12-2;1-2/h6-7,9-10H,3-5H2,1-2H3;1-2H3. The summed E-state index contributed by atoms with van der Waals surface area (Å²) < 4.78 is 4.68. The summed E-state index contributed by atoms with van der Waals surface area (Å²) >= 11 is 0. The van der Waals surface area contributed by atoms with Crippen LogP contribution in [0.5, 0.6) is 0 Å². The Morgan fingerprint density at radius 3 is 2.64 bits per heavy atom. The van der Waals surface area contributed by atoms with Crippen LogP contribution in [0.4, 0.5) is 0 Å². The Hall–Kier alpha value is -0.610. The highest BCUT2D eigenvalue weighted by Gasteiger charge is 2.29. The third-order valence-electron chi connectivity index (χ3n) is 2.28. The zero-order chi connectivity index (χ0) is 11.0. The van der Waals surface area contributed by atoms with Crippen molar-refractivity contribution in [3.8, 4) is 0 Å². The Kier molecular flexibility index (Phi) is 7.42. The van der Waals surface area contributed by atoms with Gasteiger partial charge in [-0.3, -0.25) is 4.79 Å². The van der Waals surface area contributed by atoms with Crippen LogP contribution in [0.3, 0.4) is 0 Å². The van der Waals surface area contributed by atoms with E-state index in [-0.39, 0.29) is 18.1 Å². The van der Waals surface area contributed by atoms with Gasteiger partial charge in [0, 0.05) is 6.04 Å². The highest BCUT2D eigenvalue weighted by molar-refractivity contribution is 5.76. The first-order valence-electron chi connectivity index (χ1n) is 5.28. The molecule has 0 aliphatic carbocycles. The van der Waals surface area contributed by atoms with Gasteiger partial charge in [0.25, 0.3) is 0 Å². The zero-order valence-electron chi connectivity index (χ0n) is 9.59. The van der Waals surface area contributed by atoms with Crippen molar-refractivity contribution in [2.45, 2.75) is 38.8 Å². The molecule has 1 heterocycles. The summed E-state index contributed by atoms with van der Waals surface area (Å²) in [4.78, 5) is 11.2. The van der Waals surface area contributed by atoms with E-state index >= 15 is 0 Å². The molecule has 84 valence electrons. The van der Waals surface area contributed by atoms with Gasteiger partial charge >= 0.3 is 5.97 Å². The lowest BCUT2D eigenvalue weighted by atomic mass is 9.99. The number of carbonyl (C=O) groups excluding carboxylic acids is 1. The summed E-state index contributed by atoms with van der Waals surface area (Å²) in [6, 6.07) is 0.0416. The molecule has 0 bridgehead atoms. The van der Waals surface area contributed by atoms with E-state index in [0.29, 0.717) is 0 Å². The van der Waals surface area contributed by atoms with E-state index in [0.717, 1.165) is 19.4 Å². The zero-order valence-corrected chi connectivity index (χ0v) is 9.59. The van der Waals surface area contributed by atoms with Crippen molar-refractivity contribution in [3.05, 3.63) is 0 Å². The Morgan fingerprint density at radius 1 is 1.50 bits per heavy atom. The van der Waals surface area contributed by atoms with Gasteiger partial charge in [0.15, 0.2) is 0 Å². The molecular formula is C10H22N2O2. The number of ether oxygens (including phenoxy) is 1. The highest BCUT2D eigenvalue weighted by atomic mass is 16.5. The van der Waals surface area contributed by atoms with Crippen molar-refractivity contribution in [1.82, 2.24) is 10.6 Å². The quantitative estimate of drug-likeness (QED) is 0.641. The molecule has 2 N–H and O–H groups in total. The smallest absolute Gasteiger partial charge is 0.324 e. The molecular weight excluding hydrogens is 180 g/mol. The monoisotopic (exact) mass is 202 g/mol. The van der Waals surface area contributed by atoms with Gasteiger partial charge in [0.1, 0.15) is 6.04 Å². The molecule has 0 aromatic heterocycles. The number of nitrogens with one attached hydrogen (secondary N) is 2. The van der Waals surface area contributed by atoms with Crippen molar-refractivity contribution in [2.75, 3.05) is 20.7 Å². The Bertz CT molecular complexity index is 162. The van der Waals surface area contributed by atoms with Gasteiger partial charge in [-0.15, -0.1) is 0 Å². The fourth-order valence-electron chi connectivity index (χ4n) is 1.57. The van der Waals surface area contributed by atoms with E-state index in [1.54, 1.807) is 0 Å². The number of hydrogen-bond acceptors (Lipinski definition) is 4. The lowest BCUT2D eigenvalue weighted by Gasteiger charge is -2.30. The second kappa shape index (κ2) is 7.76. The van der Waals surface area contributed by atoms with Crippen LogP contribution in [-0.2, 0) is 9.53 Å². The number of esters is 1. The molecule has 1 aliphatic rings. The lowest BCUT2D eigenvalue weighted by Crippen LogP contribution is -2.55. The molecule has 0 saturated carbocycles. The van der Waals surface area contributed by atoms with E-state index in [1.807, 2.05) is 20.9 Å². The molecule has 1 aliphatic heterocycles. The minimum atomic E-state index is -0.172. The molecule has 1 saturated heterocycles. The van der Waals surface area contributed by atoms with Crippen molar-refractivity contribution in [2.24, 2.45) is 0 Å². The normalized spacial score (nSPS) is 26.0. The van der Waals surface area contributed by atoms with E-state index in [9.17, 15) is 4.79 Å². The Labute approximate surface area is 86.4 Å². The first kappa shape index (κ1) is 13.4. The summed E-state index contributed by atoms with van der Waals surface area (Å²) in [6.45, 7) is 4.90. The van der Waals surface area contributed by atoms with Crippen LogP contribution in [0.15, 0.2) is 0 Å². The molecule has 0 spiro atoms. The third kappa shape index (κ3) is 3.64. The molecule has 0 aromatic rings. The minimum absolute atomic E-state index is 0.172. The largest absolute Gasteiger partial charge is 0.468 e. The molecule has 2 unspecified atom stereocenters. The van der Waals surface area contributed by atoms with Crippen LogP contribution >= 0.6 is 0 Å². The topological polar surface area (TPSA) is 50.4 Å². The van der Waals surface area contributed by atoms with Crippen molar-refractivity contribution >= 4 is 5.97 Å². The maximum atomic E-state index is 11.2. The predicted octanol–water partition coefficient (Wildman–Crippen LogP) is 0.526. The summed E-state index contributed by atoms with van der Waals surface area (Å²) in [6.07, 6.45) is 2.14. The SMILES string of the molecule is CC.CNC1CCCNC1C(=O)OC. The molecule has 0 aromatic carbocycles. The fourth-order valence-corrected chi connectivity index (χ4v) is 1.57. The molecule has 4 heteroatoms. The van der Waals surface area contributed by atoms with Crippen LogP contribution in [0.2, 0.25) is 0 Å². The van der Waals surface area contributed by atoms with E-state index in [2.05, 4.69) is 15.4 Å². The second-order valence-electron chi connectivity index (χ2n) is 2.99. The highest BCUT2D eigenvalue weighted by Crippen LogP contribution is 2.09. The predicted molar refractivity (Wildman–Crippen MR) is 57.2 cm³/mol. The average Bonchev–Trinajstić information content (AvgIpc) is 2.30. The van der Waals surface area contributed by atoms with Gasteiger partial charge in [-0.25, -0.2) is 0 Å². The van der Waals surface area contributed by atoms with Crippen molar-refractivity contribution in [1.29, 1.82) is 0 Å². The van der Waals surface area contributed by atoms with Gasteiger partial charge in [-0.2, -0.15) is 0 Å². The average molecular weight is 202 g/mol. The van der Waals surface area contributed by atoms with Crippen molar-refractivity contribution in [3.63, 3.8) is 0 Å². The lowest BCUT2D eigenvalue weighted by molar-refractivity contribution is -0.144. The third-order valence-corrected chi connectivity index (χ3v) is 2.28. The molecule has 1 fully saturated rings. The number of carbonyl (C=O) groups is 1. The Morgan fingerprint density at radius 2 is 2.14 bits per heavy atom. The molecule has 0 amide bonds. The molecule has 1 rings (SSSR count). The second-order valence-corrected chi connectivity index (χ2v) is 2.99. The van der Waals surface area contributed by atoms with Gasteiger partial charge in [-0.1, -0.05) is 13.8 Å². The van der Waals surface area contributed by atoms with Crippen LogP contribution < -0.4 is 10.6 Å².